The van der Waals surface area contributed by atoms with Gasteiger partial charge in [0.05, 0.1) is 11.2 Å². The van der Waals surface area contributed by atoms with E-state index in [1.165, 1.54) is 0 Å². The van der Waals surface area contributed by atoms with E-state index < -0.39 is 0 Å². The summed E-state index contributed by atoms with van der Waals surface area (Å²) in [5.41, 5.74) is 0.506. The molecule has 1 aliphatic rings. The van der Waals surface area contributed by atoms with Crippen LogP contribution in [0.1, 0.15) is 34.6 Å². The first-order chi connectivity index (χ1) is 6.80. The fraction of sp³-hybridized carbons (Fsp3) is 0.727. The predicted molar refractivity (Wildman–Crippen MR) is 64.3 cm³/mol. The summed E-state index contributed by atoms with van der Waals surface area (Å²) in [5, 5.41) is 0. The molecule has 0 unspecified atom stereocenters. The van der Waals surface area contributed by atoms with Crippen LogP contribution in [0.5, 0.6) is 0 Å². The van der Waals surface area contributed by atoms with E-state index in [9.17, 15) is 0 Å². The zero-order chi connectivity index (χ0) is 11.7. The minimum absolute atomic E-state index is 0.256. The fourth-order valence-corrected chi connectivity index (χ4v) is 1.30. The average molecular weight is 209 g/mol. The van der Waals surface area contributed by atoms with Crippen LogP contribution in [-0.2, 0) is 9.31 Å². The van der Waals surface area contributed by atoms with Crippen LogP contribution >= 0.6 is 0 Å². The van der Waals surface area contributed by atoms with Crippen molar-refractivity contribution in [2.24, 2.45) is 4.99 Å². The molecule has 0 aliphatic carbocycles. The molecule has 0 spiro atoms. The van der Waals surface area contributed by atoms with Gasteiger partial charge >= 0.3 is 7.12 Å². The Morgan fingerprint density at radius 2 is 1.60 bits per heavy atom. The number of allylic oxidation sites excluding steroid dienone is 2. The van der Waals surface area contributed by atoms with Gasteiger partial charge in [-0.2, -0.15) is 0 Å². The normalized spacial score (nSPS) is 25.2. The van der Waals surface area contributed by atoms with Gasteiger partial charge in [0.2, 0.25) is 0 Å². The van der Waals surface area contributed by atoms with Gasteiger partial charge < -0.3 is 9.31 Å². The minimum atomic E-state index is -0.268. The van der Waals surface area contributed by atoms with Crippen LogP contribution < -0.4 is 0 Å². The van der Waals surface area contributed by atoms with E-state index in [1.54, 1.807) is 13.3 Å². The predicted octanol–water partition coefficient (Wildman–Crippen LogP) is 2.26. The Bertz CT molecular complexity index is 279. The maximum absolute atomic E-state index is 5.87. The molecule has 0 aromatic rings. The Balaban J connectivity index is 2.79. The first-order valence-electron chi connectivity index (χ1n) is 5.25. The Kier molecular flexibility index (Phi) is 3.41. The SMILES string of the molecule is C/N=C\C=C(/C)B1OC(C)(C)C(C)(C)O1. The maximum atomic E-state index is 5.87. The molecule has 0 amide bonds. The van der Waals surface area contributed by atoms with Crippen molar-refractivity contribution in [2.75, 3.05) is 7.05 Å². The van der Waals surface area contributed by atoms with Gasteiger partial charge in [-0.05, 0) is 46.2 Å². The van der Waals surface area contributed by atoms with Crippen molar-refractivity contribution in [3.8, 4) is 0 Å². The highest BCUT2D eigenvalue weighted by molar-refractivity contribution is 6.54. The summed E-state index contributed by atoms with van der Waals surface area (Å²) in [5.74, 6) is 0. The van der Waals surface area contributed by atoms with Crippen LogP contribution in [0.4, 0.5) is 0 Å². The minimum Gasteiger partial charge on any atom is -0.400 e. The molecule has 1 fully saturated rings. The van der Waals surface area contributed by atoms with Gasteiger partial charge in [0.1, 0.15) is 0 Å². The van der Waals surface area contributed by atoms with E-state index in [4.69, 9.17) is 9.31 Å². The molecule has 1 aliphatic heterocycles. The van der Waals surface area contributed by atoms with E-state index in [0.29, 0.717) is 0 Å². The van der Waals surface area contributed by atoms with Gasteiger partial charge in [0.15, 0.2) is 0 Å². The second kappa shape index (κ2) is 4.10. The number of aliphatic imine (C=N–C) groups is 1. The molecule has 0 aromatic heterocycles. The number of rotatable bonds is 2. The van der Waals surface area contributed by atoms with Crippen LogP contribution in [-0.4, -0.2) is 31.6 Å². The number of hydrogen-bond donors (Lipinski definition) is 0. The summed E-state index contributed by atoms with van der Waals surface area (Å²) < 4.78 is 11.7. The highest BCUT2D eigenvalue weighted by Gasteiger charge is 2.51. The maximum Gasteiger partial charge on any atom is 0.490 e. The molecule has 0 saturated carbocycles. The molecule has 0 radical (unpaired) electrons. The third kappa shape index (κ3) is 2.50. The molecule has 4 heteroatoms. The van der Waals surface area contributed by atoms with Gasteiger partial charge in [-0.1, -0.05) is 0 Å². The van der Waals surface area contributed by atoms with E-state index in [2.05, 4.69) is 4.99 Å². The topological polar surface area (TPSA) is 30.8 Å². The molecule has 3 nitrogen and oxygen atoms in total. The summed E-state index contributed by atoms with van der Waals surface area (Å²) >= 11 is 0. The van der Waals surface area contributed by atoms with Crippen molar-refractivity contribution in [3.05, 3.63) is 11.5 Å². The van der Waals surface area contributed by atoms with Gasteiger partial charge in [-0.3, -0.25) is 4.99 Å². The molecule has 0 N–H and O–H groups in total. The molecular formula is C11H20BNO2. The zero-order valence-corrected chi connectivity index (χ0v) is 10.5. The van der Waals surface area contributed by atoms with Crippen LogP contribution in [0, 0.1) is 0 Å². The van der Waals surface area contributed by atoms with Gasteiger partial charge in [-0.25, -0.2) is 0 Å². The van der Waals surface area contributed by atoms with E-state index >= 15 is 0 Å². The number of hydrogen-bond acceptors (Lipinski definition) is 3. The van der Waals surface area contributed by atoms with E-state index in [-0.39, 0.29) is 18.3 Å². The second-order valence-electron chi connectivity index (χ2n) is 4.91. The van der Waals surface area contributed by atoms with Crippen LogP contribution in [0.3, 0.4) is 0 Å². The zero-order valence-electron chi connectivity index (χ0n) is 10.5. The highest BCUT2D eigenvalue weighted by atomic mass is 16.7. The quantitative estimate of drug-likeness (QED) is 0.515. The molecule has 0 aromatic carbocycles. The lowest BCUT2D eigenvalue weighted by Crippen LogP contribution is -2.41. The monoisotopic (exact) mass is 209 g/mol. The third-order valence-electron chi connectivity index (χ3n) is 3.11. The van der Waals surface area contributed by atoms with Gasteiger partial charge in [-0.15, -0.1) is 0 Å². The summed E-state index contributed by atoms with van der Waals surface area (Å²) in [7, 11) is 1.49. The first kappa shape index (κ1) is 12.5. The Hall–Kier alpha value is -0.605. The molecule has 0 atom stereocenters. The molecule has 1 rings (SSSR count). The largest absolute Gasteiger partial charge is 0.490 e. The van der Waals surface area contributed by atoms with Crippen LogP contribution in [0.15, 0.2) is 16.5 Å². The van der Waals surface area contributed by atoms with Gasteiger partial charge in [0, 0.05) is 13.3 Å². The second-order valence-corrected chi connectivity index (χ2v) is 4.91. The molecule has 15 heavy (non-hydrogen) atoms. The average Bonchev–Trinajstić information content (AvgIpc) is 2.32. The first-order valence-corrected chi connectivity index (χ1v) is 5.25. The molecular weight excluding hydrogens is 189 g/mol. The van der Waals surface area contributed by atoms with E-state index in [0.717, 1.165) is 5.47 Å². The van der Waals surface area contributed by atoms with Crippen molar-refractivity contribution >= 4 is 13.3 Å². The molecule has 0 bridgehead atoms. The highest BCUT2D eigenvalue weighted by Crippen LogP contribution is 2.38. The van der Waals surface area contributed by atoms with Crippen molar-refractivity contribution in [1.29, 1.82) is 0 Å². The summed E-state index contributed by atoms with van der Waals surface area (Å²) in [6.07, 6.45) is 3.67. The van der Waals surface area contributed by atoms with Crippen molar-refractivity contribution in [1.82, 2.24) is 0 Å². The van der Waals surface area contributed by atoms with Crippen LogP contribution in [0.25, 0.3) is 0 Å². The van der Waals surface area contributed by atoms with Crippen molar-refractivity contribution in [2.45, 2.75) is 45.8 Å². The summed E-state index contributed by atoms with van der Waals surface area (Å²) in [6.45, 7) is 10.2. The lowest BCUT2D eigenvalue weighted by Gasteiger charge is -2.32. The third-order valence-corrected chi connectivity index (χ3v) is 3.11. The van der Waals surface area contributed by atoms with E-state index in [1.807, 2.05) is 40.7 Å². The van der Waals surface area contributed by atoms with Crippen LogP contribution in [0.2, 0.25) is 0 Å². The standard InChI is InChI=1S/C11H20BNO2/c1-9(7-8-13-6)12-14-10(2,3)11(4,5)15-12/h7-8H,1-6H3/b9-7+,13-8-. The molecule has 84 valence electrons. The molecule has 1 saturated heterocycles. The summed E-state index contributed by atoms with van der Waals surface area (Å²) in [6, 6.07) is 0. The molecule has 1 heterocycles. The lowest BCUT2D eigenvalue weighted by atomic mass is 9.79. The Morgan fingerprint density at radius 1 is 1.13 bits per heavy atom. The smallest absolute Gasteiger partial charge is 0.400 e. The lowest BCUT2D eigenvalue weighted by molar-refractivity contribution is 0.00578. The number of nitrogens with zero attached hydrogens (tertiary/aromatic N) is 1. The van der Waals surface area contributed by atoms with Crippen molar-refractivity contribution < 1.29 is 9.31 Å². The Labute approximate surface area is 92.7 Å². The fourth-order valence-electron chi connectivity index (χ4n) is 1.30. The van der Waals surface area contributed by atoms with Gasteiger partial charge in [0.25, 0.3) is 0 Å². The Morgan fingerprint density at radius 3 is 2.00 bits per heavy atom. The van der Waals surface area contributed by atoms with Crippen molar-refractivity contribution in [3.63, 3.8) is 0 Å². The summed E-state index contributed by atoms with van der Waals surface area (Å²) in [4.78, 5) is 3.91.